The molecule has 10 aromatic rings. The second-order valence-corrected chi connectivity index (χ2v) is 13.2. The standard InChI is InChI=1S/C49H31N3/c1-4-16-39-32(11-1)14-9-20-44(39)47-30-36(31-48(52-47)45-21-10-15-33-12-2-5-17-40(33)45)35-27-37(41-24-26-50-46-22-8-7-19-43(41)46)29-38(28-35)49-42-18-6-3-13-34(42)23-25-51-49/h1-31H. The molecule has 3 aromatic heterocycles. The van der Waals surface area contributed by atoms with Crippen molar-refractivity contribution in [2.45, 2.75) is 0 Å². The third-order valence-electron chi connectivity index (χ3n) is 10.1. The van der Waals surface area contributed by atoms with E-state index < -0.39 is 0 Å². The minimum absolute atomic E-state index is 0.932. The van der Waals surface area contributed by atoms with Crippen molar-refractivity contribution in [2.75, 3.05) is 0 Å². The summed E-state index contributed by atoms with van der Waals surface area (Å²) in [6.07, 6.45) is 3.82. The average Bonchev–Trinajstić information content (AvgIpc) is 3.22. The van der Waals surface area contributed by atoms with Gasteiger partial charge in [-0.2, -0.15) is 0 Å². The Hall–Kier alpha value is -6.97. The number of nitrogens with zero attached hydrogens (tertiary/aromatic N) is 3. The molecular formula is C49H31N3. The fraction of sp³-hybridized carbons (Fsp3) is 0. The number of hydrogen-bond donors (Lipinski definition) is 0. The lowest BCUT2D eigenvalue weighted by atomic mass is 9.91. The number of benzene rings is 7. The van der Waals surface area contributed by atoms with Crippen LogP contribution in [-0.4, -0.2) is 15.0 Å². The van der Waals surface area contributed by atoms with Crippen LogP contribution in [0.15, 0.2) is 188 Å². The van der Waals surface area contributed by atoms with Gasteiger partial charge >= 0.3 is 0 Å². The molecule has 3 heteroatoms. The maximum atomic E-state index is 5.42. The summed E-state index contributed by atoms with van der Waals surface area (Å²) >= 11 is 0. The first-order valence-corrected chi connectivity index (χ1v) is 17.6. The molecule has 10 rings (SSSR count). The monoisotopic (exact) mass is 661 g/mol. The van der Waals surface area contributed by atoms with Crippen LogP contribution in [0.4, 0.5) is 0 Å². The maximum absolute atomic E-state index is 5.42. The van der Waals surface area contributed by atoms with Crippen molar-refractivity contribution in [3.63, 3.8) is 0 Å². The van der Waals surface area contributed by atoms with Gasteiger partial charge in [0.2, 0.25) is 0 Å². The van der Waals surface area contributed by atoms with Crippen LogP contribution in [0.3, 0.4) is 0 Å². The van der Waals surface area contributed by atoms with Gasteiger partial charge in [0.25, 0.3) is 0 Å². The van der Waals surface area contributed by atoms with Crippen LogP contribution in [0.25, 0.3) is 99.2 Å². The van der Waals surface area contributed by atoms with Gasteiger partial charge in [-0.15, -0.1) is 0 Å². The second-order valence-electron chi connectivity index (χ2n) is 13.2. The molecule has 242 valence electrons. The number of fused-ring (bicyclic) bond motifs is 4. The predicted octanol–water partition coefficient (Wildman–Crippen LogP) is 12.8. The highest BCUT2D eigenvalue weighted by molar-refractivity contribution is 6.02. The van der Waals surface area contributed by atoms with E-state index in [2.05, 4.69) is 175 Å². The Kier molecular flexibility index (Phi) is 7.14. The van der Waals surface area contributed by atoms with Gasteiger partial charge in [0, 0.05) is 39.9 Å². The number of hydrogen-bond acceptors (Lipinski definition) is 3. The lowest BCUT2D eigenvalue weighted by Gasteiger charge is -2.16. The molecular weight excluding hydrogens is 631 g/mol. The molecule has 0 N–H and O–H groups in total. The Bertz CT molecular complexity index is 2560. The molecule has 0 amide bonds. The minimum atomic E-state index is 0.932. The first kappa shape index (κ1) is 29.9. The van der Waals surface area contributed by atoms with Crippen molar-refractivity contribution in [3.05, 3.63) is 188 Å². The van der Waals surface area contributed by atoms with E-state index in [0.717, 1.165) is 77.7 Å². The van der Waals surface area contributed by atoms with Gasteiger partial charge in [0.05, 0.1) is 22.6 Å². The highest BCUT2D eigenvalue weighted by Crippen LogP contribution is 2.40. The van der Waals surface area contributed by atoms with Crippen molar-refractivity contribution in [1.29, 1.82) is 0 Å². The summed E-state index contributed by atoms with van der Waals surface area (Å²) in [5.41, 5.74) is 11.5. The Labute approximate surface area is 301 Å². The number of rotatable bonds is 5. The quantitative estimate of drug-likeness (QED) is 0.184. The largest absolute Gasteiger partial charge is 0.256 e. The second kappa shape index (κ2) is 12.4. The highest BCUT2D eigenvalue weighted by Gasteiger charge is 2.17. The van der Waals surface area contributed by atoms with E-state index in [0.29, 0.717) is 0 Å². The van der Waals surface area contributed by atoms with E-state index in [9.17, 15) is 0 Å². The molecule has 0 radical (unpaired) electrons. The van der Waals surface area contributed by atoms with Crippen molar-refractivity contribution in [2.24, 2.45) is 0 Å². The molecule has 0 unspecified atom stereocenters. The first-order valence-electron chi connectivity index (χ1n) is 17.6. The van der Waals surface area contributed by atoms with E-state index in [4.69, 9.17) is 9.97 Å². The van der Waals surface area contributed by atoms with Gasteiger partial charge in [-0.1, -0.05) is 127 Å². The molecule has 0 fully saturated rings. The smallest absolute Gasteiger partial charge is 0.0780 e. The summed E-state index contributed by atoms with van der Waals surface area (Å²) in [6.45, 7) is 0. The molecule has 7 aromatic carbocycles. The van der Waals surface area contributed by atoms with Gasteiger partial charge in [-0.05, 0) is 97.7 Å². The summed E-state index contributed by atoms with van der Waals surface area (Å²) in [5.74, 6) is 0. The third-order valence-corrected chi connectivity index (χ3v) is 10.1. The molecule has 0 atom stereocenters. The topological polar surface area (TPSA) is 38.7 Å². The Morgan fingerprint density at radius 3 is 1.50 bits per heavy atom. The molecule has 52 heavy (non-hydrogen) atoms. The number of para-hydroxylation sites is 1. The SMILES string of the molecule is c1ccc2c(-c3cc(-c4cc(-c5nccc6ccccc56)cc(-c5ccnc6ccccc56)c4)cc(-c4cccc5ccccc45)n3)cccc2c1. The van der Waals surface area contributed by atoms with Gasteiger partial charge in [-0.25, -0.2) is 4.98 Å². The third kappa shape index (κ3) is 5.19. The lowest BCUT2D eigenvalue weighted by Crippen LogP contribution is -1.94. The van der Waals surface area contributed by atoms with Crippen molar-refractivity contribution in [1.82, 2.24) is 15.0 Å². The Balaban J connectivity index is 1.28. The van der Waals surface area contributed by atoms with Gasteiger partial charge in [0.15, 0.2) is 0 Å². The van der Waals surface area contributed by atoms with Crippen LogP contribution >= 0.6 is 0 Å². The molecule has 3 heterocycles. The van der Waals surface area contributed by atoms with Crippen LogP contribution in [0, 0.1) is 0 Å². The molecule has 3 nitrogen and oxygen atoms in total. The van der Waals surface area contributed by atoms with Crippen LogP contribution in [0.5, 0.6) is 0 Å². The maximum Gasteiger partial charge on any atom is 0.0780 e. The van der Waals surface area contributed by atoms with Gasteiger partial charge in [-0.3, -0.25) is 9.97 Å². The fourth-order valence-corrected chi connectivity index (χ4v) is 7.65. The summed E-state index contributed by atoms with van der Waals surface area (Å²) in [7, 11) is 0. The first-order chi connectivity index (χ1) is 25.8. The summed E-state index contributed by atoms with van der Waals surface area (Å²) in [5, 5.41) is 8.13. The van der Waals surface area contributed by atoms with Crippen LogP contribution in [0.2, 0.25) is 0 Å². The Morgan fingerprint density at radius 1 is 0.308 bits per heavy atom. The molecule has 0 bridgehead atoms. The molecule has 0 saturated carbocycles. The summed E-state index contributed by atoms with van der Waals surface area (Å²) in [4.78, 5) is 15.1. The van der Waals surface area contributed by atoms with Gasteiger partial charge < -0.3 is 0 Å². The fourth-order valence-electron chi connectivity index (χ4n) is 7.65. The van der Waals surface area contributed by atoms with Crippen LogP contribution in [0.1, 0.15) is 0 Å². The van der Waals surface area contributed by atoms with Gasteiger partial charge in [0.1, 0.15) is 0 Å². The number of aromatic nitrogens is 3. The molecule has 0 aliphatic rings. The highest BCUT2D eigenvalue weighted by atomic mass is 14.7. The van der Waals surface area contributed by atoms with E-state index in [1.54, 1.807) is 0 Å². The zero-order valence-corrected chi connectivity index (χ0v) is 28.2. The number of pyridine rings is 3. The van der Waals surface area contributed by atoms with E-state index in [-0.39, 0.29) is 0 Å². The minimum Gasteiger partial charge on any atom is -0.256 e. The molecule has 0 spiro atoms. The lowest BCUT2D eigenvalue weighted by molar-refractivity contribution is 1.33. The molecule has 0 saturated heterocycles. The Morgan fingerprint density at radius 2 is 0.808 bits per heavy atom. The zero-order chi connectivity index (χ0) is 34.4. The zero-order valence-electron chi connectivity index (χ0n) is 28.2. The van der Waals surface area contributed by atoms with E-state index in [1.807, 2.05) is 18.5 Å². The molecule has 0 aliphatic carbocycles. The van der Waals surface area contributed by atoms with Crippen LogP contribution < -0.4 is 0 Å². The van der Waals surface area contributed by atoms with Crippen molar-refractivity contribution >= 4 is 43.2 Å². The summed E-state index contributed by atoms with van der Waals surface area (Å²) in [6, 6.07) is 62.5. The normalized spacial score (nSPS) is 11.5. The van der Waals surface area contributed by atoms with E-state index in [1.165, 1.54) is 21.5 Å². The van der Waals surface area contributed by atoms with Crippen LogP contribution in [-0.2, 0) is 0 Å². The van der Waals surface area contributed by atoms with Crippen molar-refractivity contribution in [3.8, 4) is 56.0 Å². The summed E-state index contributed by atoms with van der Waals surface area (Å²) < 4.78 is 0. The van der Waals surface area contributed by atoms with Crippen molar-refractivity contribution < 1.29 is 0 Å². The van der Waals surface area contributed by atoms with E-state index >= 15 is 0 Å². The average molecular weight is 662 g/mol. The predicted molar refractivity (Wildman–Crippen MR) is 217 cm³/mol. The molecule has 0 aliphatic heterocycles.